The normalized spacial score (nSPS) is 15.1. The average Bonchev–Trinajstić information content (AvgIpc) is 2.90. The summed E-state index contributed by atoms with van der Waals surface area (Å²) in [6.45, 7) is 2.03. The van der Waals surface area contributed by atoms with Gasteiger partial charge in [-0.15, -0.1) is 0 Å². The fraction of sp³-hybridized carbons (Fsp3) is 0.368. The molecule has 1 fully saturated rings. The molecule has 0 bridgehead atoms. The van der Waals surface area contributed by atoms with Gasteiger partial charge in [-0.25, -0.2) is 9.97 Å². The minimum absolute atomic E-state index is 0.0910. The number of rotatable bonds is 4. The van der Waals surface area contributed by atoms with Gasteiger partial charge in [-0.2, -0.15) is 5.10 Å². The second-order valence-electron chi connectivity index (χ2n) is 6.54. The van der Waals surface area contributed by atoms with Crippen LogP contribution in [0.15, 0.2) is 36.5 Å². The van der Waals surface area contributed by atoms with Crippen LogP contribution in [0.5, 0.6) is 0 Å². The molecule has 3 heterocycles. The van der Waals surface area contributed by atoms with E-state index in [9.17, 15) is 4.79 Å². The molecule has 0 radical (unpaired) electrons. The van der Waals surface area contributed by atoms with Crippen LogP contribution in [0, 0.1) is 0 Å². The van der Waals surface area contributed by atoms with Crippen molar-refractivity contribution in [1.29, 1.82) is 0 Å². The second kappa shape index (κ2) is 7.11. The van der Waals surface area contributed by atoms with Gasteiger partial charge < -0.3 is 10.2 Å². The Bertz CT molecular complexity index is 920. The summed E-state index contributed by atoms with van der Waals surface area (Å²) < 4.78 is 1.79. The maximum Gasteiger partial charge on any atom is 0.221 e. The summed E-state index contributed by atoms with van der Waals surface area (Å²) in [5.41, 5.74) is 2.11. The Morgan fingerprint density at radius 3 is 2.81 bits per heavy atom. The van der Waals surface area contributed by atoms with Crippen LogP contribution in [0.1, 0.15) is 17.8 Å². The zero-order valence-corrected chi connectivity index (χ0v) is 14.9. The van der Waals surface area contributed by atoms with E-state index in [-0.39, 0.29) is 5.91 Å². The number of benzene rings is 1. The molecule has 0 unspecified atom stereocenters. The molecule has 7 heteroatoms. The Balaban J connectivity index is 1.66. The SMILES string of the molecule is Cn1ncc2c(N3CCNC(=O)CC3)nc(CCc3ccccc3)nc21. The Labute approximate surface area is 152 Å². The zero-order chi connectivity index (χ0) is 17.9. The molecule has 4 rings (SSSR count). The smallest absolute Gasteiger partial charge is 0.221 e. The number of anilines is 1. The van der Waals surface area contributed by atoms with Gasteiger partial charge in [0.15, 0.2) is 5.65 Å². The molecule has 3 aromatic rings. The van der Waals surface area contributed by atoms with Crippen molar-refractivity contribution in [3.8, 4) is 0 Å². The minimum Gasteiger partial charge on any atom is -0.354 e. The number of nitrogens with zero attached hydrogens (tertiary/aromatic N) is 5. The molecule has 134 valence electrons. The summed E-state index contributed by atoms with van der Waals surface area (Å²) in [6, 6.07) is 10.4. The van der Waals surface area contributed by atoms with Crippen LogP contribution < -0.4 is 10.2 Å². The van der Waals surface area contributed by atoms with Gasteiger partial charge in [0.25, 0.3) is 0 Å². The topological polar surface area (TPSA) is 75.9 Å². The van der Waals surface area contributed by atoms with Gasteiger partial charge in [0.2, 0.25) is 5.91 Å². The van der Waals surface area contributed by atoms with Crippen LogP contribution in [0.2, 0.25) is 0 Å². The summed E-state index contributed by atoms with van der Waals surface area (Å²) >= 11 is 0. The average molecular weight is 350 g/mol. The van der Waals surface area contributed by atoms with E-state index in [1.807, 2.05) is 31.4 Å². The van der Waals surface area contributed by atoms with Crippen molar-refractivity contribution in [2.45, 2.75) is 19.3 Å². The first-order valence-corrected chi connectivity index (χ1v) is 8.95. The molecule has 2 aromatic heterocycles. The number of nitrogens with one attached hydrogen (secondary N) is 1. The molecule has 7 nitrogen and oxygen atoms in total. The molecule has 1 aliphatic rings. The molecule has 0 saturated carbocycles. The van der Waals surface area contributed by atoms with E-state index in [1.165, 1.54) is 5.56 Å². The molecule has 1 aromatic carbocycles. The van der Waals surface area contributed by atoms with E-state index in [0.717, 1.165) is 42.1 Å². The summed E-state index contributed by atoms with van der Waals surface area (Å²) in [5.74, 6) is 1.78. The van der Waals surface area contributed by atoms with Gasteiger partial charge in [0.05, 0.1) is 11.6 Å². The number of aromatic nitrogens is 4. The zero-order valence-electron chi connectivity index (χ0n) is 14.9. The summed E-state index contributed by atoms with van der Waals surface area (Å²) in [4.78, 5) is 23.4. The first kappa shape index (κ1) is 16.5. The Morgan fingerprint density at radius 1 is 1.12 bits per heavy atom. The van der Waals surface area contributed by atoms with Crippen molar-refractivity contribution in [1.82, 2.24) is 25.1 Å². The third kappa shape index (κ3) is 3.37. The molecule has 1 N–H and O–H groups in total. The van der Waals surface area contributed by atoms with Crippen LogP contribution in [0.25, 0.3) is 11.0 Å². The fourth-order valence-electron chi connectivity index (χ4n) is 3.28. The van der Waals surface area contributed by atoms with Gasteiger partial charge in [0.1, 0.15) is 11.6 Å². The van der Waals surface area contributed by atoms with Crippen molar-refractivity contribution < 1.29 is 4.79 Å². The molecule has 0 aliphatic carbocycles. The lowest BCUT2D eigenvalue weighted by molar-refractivity contribution is -0.120. The molecule has 1 aliphatic heterocycles. The van der Waals surface area contributed by atoms with Crippen molar-refractivity contribution in [3.05, 3.63) is 47.9 Å². The number of hydrogen-bond acceptors (Lipinski definition) is 5. The van der Waals surface area contributed by atoms with Crippen LogP contribution in [-0.4, -0.2) is 45.3 Å². The molecular formula is C19H22N6O. The van der Waals surface area contributed by atoms with Gasteiger partial charge in [-0.05, 0) is 12.0 Å². The van der Waals surface area contributed by atoms with Crippen molar-refractivity contribution in [2.75, 3.05) is 24.5 Å². The molecule has 1 saturated heterocycles. The first-order valence-electron chi connectivity index (χ1n) is 8.95. The predicted octanol–water partition coefficient (Wildman–Crippen LogP) is 1.47. The van der Waals surface area contributed by atoms with E-state index >= 15 is 0 Å². The third-order valence-corrected chi connectivity index (χ3v) is 4.71. The lowest BCUT2D eigenvalue weighted by Gasteiger charge is -2.21. The second-order valence-corrected chi connectivity index (χ2v) is 6.54. The summed E-state index contributed by atoms with van der Waals surface area (Å²) in [6.07, 6.45) is 3.95. The highest BCUT2D eigenvalue weighted by molar-refractivity contribution is 5.87. The number of amides is 1. The molecule has 1 amide bonds. The number of hydrogen-bond donors (Lipinski definition) is 1. The molecule has 0 atom stereocenters. The predicted molar refractivity (Wildman–Crippen MR) is 100.0 cm³/mol. The van der Waals surface area contributed by atoms with Gasteiger partial charge >= 0.3 is 0 Å². The maximum atomic E-state index is 11.7. The van der Waals surface area contributed by atoms with Crippen LogP contribution in [-0.2, 0) is 24.7 Å². The van der Waals surface area contributed by atoms with Gasteiger partial charge in [0, 0.05) is 39.5 Å². The number of carbonyl (C=O) groups excluding carboxylic acids is 1. The highest BCUT2D eigenvalue weighted by atomic mass is 16.1. The highest BCUT2D eigenvalue weighted by Crippen LogP contribution is 2.24. The van der Waals surface area contributed by atoms with E-state index in [0.29, 0.717) is 19.5 Å². The maximum absolute atomic E-state index is 11.7. The fourth-order valence-corrected chi connectivity index (χ4v) is 3.28. The Hall–Kier alpha value is -2.96. The van der Waals surface area contributed by atoms with Gasteiger partial charge in [-0.3, -0.25) is 9.48 Å². The first-order chi connectivity index (χ1) is 12.7. The van der Waals surface area contributed by atoms with Crippen LogP contribution in [0.3, 0.4) is 0 Å². The van der Waals surface area contributed by atoms with Crippen LogP contribution in [0.4, 0.5) is 5.82 Å². The lowest BCUT2D eigenvalue weighted by atomic mass is 10.1. The van der Waals surface area contributed by atoms with Gasteiger partial charge in [-0.1, -0.05) is 30.3 Å². The number of aryl methyl sites for hydroxylation is 3. The standard InChI is InChI=1S/C19H22N6O/c1-24-18-15(13-21-24)19(25-11-9-17(26)20-10-12-25)23-16(22-18)8-7-14-5-3-2-4-6-14/h2-6,13H,7-12H2,1H3,(H,20,26). The Morgan fingerprint density at radius 2 is 1.96 bits per heavy atom. The quantitative estimate of drug-likeness (QED) is 0.771. The highest BCUT2D eigenvalue weighted by Gasteiger charge is 2.20. The minimum atomic E-state index is 0.0910. The number of carbonyl (C=O) groups is 1. The molecule has 0 spiro atoms. The van der Waals surface area contributed by atoms with E-state index in [2.05, 4.69) is 27.4 Å². The third-order valence-electron chi connectivity index (χ3n) is 4.71. The van der Waals surface area contributed by atoms with Crippen molar-refractivity contribution in [3.63, 3.8) is 0 Å². The molecular weight excluding hydrogens is 328 g/mol. The van der Waals surface area contributed by atoms with E-state index in [4.69, 9.17) is 9.97 Å². The summed E-state index contributed by atoms with van der Waals surface area (Å²) in [5, 5.41) is 8.20. The van der Waals surface area contributed by atoms with Crippen molar-refractivity contribution in [2.24, 2.45) is 7.05 Å². The lowest BCUT2D eigenvalue weighted by Crippen LogP contribution is -2.29. The van der Waals surface area contributed by atoms with E-state index in [1.54, 1.807) is 4.68 Å². The Kier molecular flexibility index (Phi) is 4.51. The summed E-state index contributed by atoms with van der Waals surface area (Å²) in [7, 11) is 1.90. The monoisotopic (exact) mass is 350 g/mol. The number of fused-ring (bicyclic) bond motifs is 1. The van der Waals surface area contributed by atoms with Crippen molar-refractivity contribution >= 4 is 22.8 Å². The largest absolute Gasteiger partial charge is 0.354 e. The molecule has 26 heavy (non-hydrogen) atoms. The van der Waals surface area contributed by atoms with E-state index < -0.39 is 0 Å². The van der Waals surface area contributed by atoms with Crippen LogP contribution >= 0.6 is 0 Å².